The van der Waals surface area contributed by atoms with Gasteiger partial charge in [0.05, 0.1) is 26.9 Å². The van der Waals surface area contributed by atoms with Crippen LogP contribution in [-0.2, 0) is 0 Å². The summed E-state index contributed by atoms with van der Waals surface area (Å²) in [6.45, 7) is 0.0265. The maximum Gasteiger partial charge on any atom is 0.130 e. The fourth-order valence-corrected chi connectivity index (χ4v) is 2.13. The first-order valence-electron chi connectivity index (χ1n) is 7.03. The lowest BCUT2D eigenvalue weighted by Gasteiger charge is -2.13. The third-order valence-corrected chi connectivity index (χ3v) is 3.33. The number of methoxy groups -OCH3 is 2. The Morgan fingerprint density at radius 2 is 1.91 bits per heavy atom. The van der Waals surface area contributed by atoms with Crippen LogP contribution in [-0.4, -0.2) is 43.7 Å². The van der Waals surface area contributed by atoms with Crippen molar-refractivity contribution in [2.75, 3.05) is 32.7 Å². The van der Waals surface area contributed by atoms with E-state index in [4.69, 9.17) is 14.6 Å². The normalized spacial score (nSPS) is 11.8. The Morgan fingerprint density at radius 3 is 2.59 bits per heavy atom. The van der Waals surface area contributed by atoms with Crippen molar-refractivity contribution in [2.24, 2.45) is 0 Å². The summed E-state index contributed by atoms with van der Waals surface area (Å²) >= 11 is 0. The molecule has 0 saturated carbocycles. The molecule has 0 aliphatic heterocycles. The van der Waals surface area contributed by atoms with Crippen molar-refractivity contribution in [1.82, 2.24) is 0 Å². The average molecular weight is 303 g/mol. The van der Waals surface area contributed by atoms with Gasteiger partial charge in [0.15, 0.2) is 0 Å². The molecule has 3 N–H and O–H groups in total. The van der Waals surface area contributed by atoms with Crippen molar-refractivity contribution in [2.45, 2.75) is 6.10 Å². The molecule has 0 radical (unpaired) electrons. The van der Waals surface area contributed by atoms with Crippen LogP contribution in [0.2, 0.25) is 0 Å². The van der Waals surface area contributed by atoms with E-state index in [1.165, 1.54) is 0 Å². The van der Waals surface area contributed by atoms with E-state index in [-0.39, 0.29) is 6.61 Å². The molecule has 1 unspecified atom stereocenters. The first-order valence-corrected chi connectivity index (χ1v) is 7.03. The van der Waals surface area contributed by atoms with Crippen LogP contribution in [0.3, 0.4) is 0 Å². The first-order chi connectivity index (χ1) is 10.7. The number of benzene rings is 2. The molecule has 5 nitrogen and oxygen atoms in total. The number of ether oxygens (including phenoxy) is 2. The first kappa shape index (κ1) is 16.1. The summed E-state index contributed by atoms with van der Waals surface area (Å²) in [5.41, 5.74) is 2.81. The maximum atomic E-state index is 9.40. The molecule has 22 heavy (non-hydrogen) atoms. The molecule has 0 saturated heterocycles. The van der Waals surface area contributed by atoms with E-state index >= 15 is 0 Å². The lowest BCUT2D eigenvalue weighted by Crippen LogP contribution is -2.22. The Kier molecular flexibility index (Phi) is 5.63. The third kappa shape index (κ3) is 3.90. The number of hydrogen-bond acceptors (Lipinski definition) is 5. The van der Waals surface area contributed by atoms with Crippen molar-refractivity contribution in [3.8, 4) is 22.6 Å². The fourth-order valence-electron chi connectivity index (χ4n) is 2.13. The van der Waals surface area contributed by atoms with E-state index in [0.717, 1.165) is 28.3 Å². The minimum Gasteiger partial charge on any atom is -0.497 e. The van der Waals surface area contributed by atoms with Crippen LogP contribution in [0.15, 0.2) is 42.5 Å². The highest BCUT2D eigenvalue weighted by Crippen LogP contribution is 2.34. The van der Waals surface area contributed by atoms with Crippen molar-refractivity contribution in [3.63, 3.8) is 0 Å². The topological polar surface area (TPSA) is 71.0 Å². The molecule has 2 aromatic rings. The predicted octanol–water partition coefficient (Wildman–Crippen LogP) is 2.14. The molecule has 118 valence electrons. The summed E-state index contributed by atoms with van der Waals surface area (Å²) in [7, 11) is 3.24. The lowest BCUT2D eigenvalue weighted by atomic mass is 10.0. The lowest BCUT2D eigenvalue weighted by molar-refractivity contribution is 0.105. The molecule has 0 amide bonds. The summed E-state index contributed by atoms with van der Waals surface area (Å²) in [4.78, 5) is 0. The SMILES string of the molecule is COc1ccc(-c2cccc(NCC(O)CO)c2)c(OC)c1. The molecule has 0 aromatic heterocycles. The predicted molar refractivity (Wildman–Crippen MR) is 86.6 cm³/mol. The molecule has 0 bridgehead atoms. The second kappa shape index (κ2) is 7.68. The molecular formula is C17H21NO4. The molecule has 0 aliphatic carbocycles. The second-order valence-corrected chi connectivity index (χ2v) is 4.86. The van der Waals surface area contributed by atoms with E-state index < -0.39 is 6.10 Å². The van der Waals surface area contributed by atoms with Gasteiger partial charge < -0.3 is 25.0 Å². The summed E-state index contributed by atoms with van der Waals surface area (Å²) in [6, 6.07) is 13.4. The van der Waals surface area contributed by atoms with Crippen molar-refractivity contribution < 1.29 is 19.7 Å². The van der Waals surface area contributed by atoms with Crippen LogP contribution in [0.1, 0.15) is 0 Å². The fraction of sp³-hybridized carbons (Fsp3) is 0.294. The molecule has 0 fully saturated rings. The Hall–Kier alpha value is -2.24. The average Bonchev–Trinajstić information content (AvgIpc) is 2.59. The number of anilines is 1. The number of aliphatic hydroxyl groups excluding tert-OH is 2. The van der Waals surface area contributed by atoms with Gasteiger partial charge in [-0.1, -0.05) is 12.1 Å². The van der Waals surface area contributed by atoms with Crippen molar-refractivity contribution in [1.29, 1.82) is 0 Å². The number of nitrogens with one attached hydrogen (secondary N) is 1. The van der Waals surface area contributed by atoms with Gasteiger partial charge in [0.1, 0.15) is 11.5 Å². The van der Waals surface area contributed by atoms with E-state index in [9.17, 15) is 5.11 Å². The number of hydrogen-bond donors (Lipinski definition) is 3. The minimum atomic E-state index is -0.779. The van der Waals surface area contributed by atoms with Crippen LogP contribution in [0, 0.1) is 0 Å². The van der Waals surface area contributed by atoms with Crippen molar-refractivity contribution >= 4 is 5.69 Å². The standard InChI is InChI=1S/C17H21NO4/c1-21-15-6-7-16(17(9-15)22-2)12-4-3-5-13(8-12)18-10-14(20)11-19/h3-9,14,18-20H,10-11H2,1-2H3. The quantitative estimate of drug-likeness (QED) is 0.731. The Labute approximate surface area is 130 Å². The van der Waals surface area contributed by atoms with Crippen LogP contribution < -0.4 is 14.8 Å². The molecule has 5 heteroatoms. The molecule has 1 atom stereocenters. The van der Waals surface area contributed by atoms with E-state index in [2.05, 4.69) is 5.32 Å². The second-order valence-electron chi connectivity index (χ2n) is 4.86. The highest BCUT2D eigenvalue weighted by atomic mass is 16.5. The monoisotopic (exact) mass is 303 g/mol. The van der Waals surface area contributed by atoms with Gasteiger partial charge in [-0.25, -0.2) is 0 Å². The number of rotatable bonds is 7. The zero-order chi connectivity index (χ0) is 15.9. The summed E-state index contributed by atoms with van der Waals surface area (Å²) in [6.07, 6.45) is -0.779. The summed E-state index contributed by atoms with van der Waals surface area (Å²) in [5.74, 6) is 1.47. The Bertz CT molecular complexity index is 615. The third-order valence-electron chi connectivity index (χ3n) is 3.33. The van der Waals surface area contributed by atoms with Gasteiger partial charge in [0.2, 0.25) is 0 Å². The Balaban J connectivity index is 2.25. The largest absolute Gasteiger partial charge is 0.497 e. The van der Waals surface area contributed by atoms with Gasteiger partial charge >= 0.3 is 0 Å². The summed E-state index contributed by atoms with van der Waals surface area (Å²) < 4.78 is 10.6. The highest BCUT2D eigenvalue weighted by Gasteiger charge is 2.08. The molecule has 0 aliphatic rings. The van der Waals surface area contributed by atoms with Gasteiger partial charge in [0, 0.05) is 23.9 Å². The van der Waals surface area contributed by atoms with Gasteiger partial charge in [-0.2, -0.15) is 0 Å². The smallest absolute Gasteiger partial charge is 0.130 e. The van der Waals surface area contributed by atoms with E-state index in [1.807, 2.05) is 42.5 Å². The van der Waals surface area contributed by atoms with Gasteiger partial charge in [-0.3, -0.25) is 0 Å². The number of aliphatic hydroxyl groups is 2. The zero-order valence-corrected chi connectivity index (χ0v) is 12.7. The van der Waals surface area contributed by atoms with Crippen molar-refractivity contribution in [3.05, 3.63) is 42.5 Å². The van der Waals surface area contributed by atoms with Crippen LogP contribution in [0.5, 0.6) is 11.5 Å². The van der Waals surface area contributed by atoms with E-state index in [0.29, 0.717) is 6.54 Å². The highest BCUT2D eigenvalue weighted by molar-refractivity contribution is 5.74. The zero-order valence-electron chi connectivity index (χ0n) is 12.7. The van der Waals surface area contributed by atoms with E-state index in [1.54, 1.807) is 14.2 Å². The van der Waals surface area contributed by atoms with Crippen LogP contribution in [0.25, 0.3) is 11.1 Å². The van der Waals surface area contributed by atoms with Gasteiger partial charge in [0.25, 0.3) is 0 Å². The van der Waals surface area contributed by atoms with Crippen LogP contribution >= 0.6 is 0 Å². The van der Waals surface area contributed by atoms with Crippen LogP contribution in [0.4, 0.5) is 5.69 Å². The Morgan fingerprint density at radius 1 is 1.09 bits per heavy atom. The van der Waals surface area contributed by atoms with Gasteiger partial charge in [-0.15, -0.1) is 0 Å². The summed E-state index contributed by atoms with van der Waals surface area (Å²) in [5, 5.41) is 21.3. The molecule has 2 rings (SSSR count). The maximum absolute atomic E-state index is 9.40. The van der Waals surface area contributed by atoms with Gasteiger partial charge in [-0.05, 0) is 29.8 Å². The molecule has 0 spiro atoms. The molecule has 2 aromatic carbocycles. The minimum absolute atomic E-state index is 0.265. The molecule has 0 heterocycles. The molecular weight excluding hydrogens is 282 g/mol.